The Morgan fingerprint density at radius 3 is 2.36 bits per heavy atom. The summed E-state index contributed by atoms with van der Waals surface area (Å²) in [5, 5.41) is 10.6. The molecule has 0 bridgehead atoms. The molecule has 0 spiro atoms. The predicted octanol–water partition coefficient (Wildman–Crippen LogP) is 4.49. The number of carbonyl (C=O) groups is 2. The van der Waals surface area contributed by atoms with E-state index >= 15 is 0 Å². The van der Waals surface area contributed by atoms with Crippen LogP contribution in [0.25, 0.3) is 0 Å². The van der Waals surface area contributed by atoms with Gasteiger partial charge >= 0.3 is 5.97 Å². The summed E-state index contributed by atoms with van der Waals surface area (Å²) in [5.41, 5.74) is -0.228. The summed E-state index contributed by atoms with van der Waals surface area (Å²) in [6.45, 7) is 14.4. The molecule has 2 saturated heterocycles. The Bertz CT molecular complexity index is 967. The Morgan fingerprint density at radius 2 is 1.89 bits per heavy atom. The van der Waals surface area contributed by atoms with Crippen molar-refractivity contribution in [1.82, 2.24) is 4.90 Å². The molecular weight excluding hydrogens is 462 g/mol. The molecule has 2 fully saturated rings. The lowest BCUT2D eigenvalue weighted by Gasteiger charge is -2.41. The third kappa shape index (κ3) is 5.41. The SMILES string of the molecule is COC[C@H]1C[C@@](CC(C)C)(C(=O)O)N(C(=O)c2ccc(C(C)(C)C)c(OC)c2)[C@H]1[C@H]1COC(C)(C)O1. The second-order valence-electron chi connectivity index (χ2n) is 12.1. The monoisotopic (exact) mass is 505 g/mol. The summed E-state index contributed by atoms with van der Waals surface area (Å²) in [7, 11) is 3.18. The van der Waals surface area contributed by atoms with Gasteiger partial charge in [-0.1, -0.05) is 40.7 Å². The lowest BCUT2D eigenvalue weighted by atomic mass is 9.83. The number of nitrogens with zero attached hydrogens (tertiary/aromatic N) is 1. The standard InChI is InChI=1S/C28H43NO7/c1-17(2)13-28(25(31)32)14-19(15-33-8)23(22-16-35-27(6,7)36-22)29(28)24(30)18-10-11-20(26(3,4)5)21(12-18)34-9/h10-12,17,19,22-23H,13-16H2,1-9H3,(H,31,32)/t19-,22-,23-,28+/m1/s1. The van der Waals surface area contributed by atoms with Gasteiger partial charge in [0.25, 0.3) is 5.91 Å². The second-order valence-corrected chi connectivity index (χ2v) is 12.1. The Morgan fingerprint density at radius 1 is 1.22 bits per heavy atom. The highest BCUT2D eigenvalue weighted by molar-refractivity contribution is 5.99. The molecule has 36 heavy (non-hydrogen) atoms. The third-order valence-electron chi connectivity index (χ3n) is 7.25. The van der Waals surface area contributed by atoms with Crippen LogP contribution >= 0.6 is 0 Å². The maximum Gasteiger partial charge on any atom is 0.329 e. The minimum atomic E-state index is -1.40. The minimum Gasteiger partial charge on any atom is -0.496 e. The number of hydrogen-bond donors (Lipinski definition) is 1. The van der Waals surface area contributed by atoms with Crippen LogP contribution in [0.3, 0.4) is 0 Å². The number of aliphatic carboxylic acids is 1. The van der Waals surface area contributed by atoms with Gasteiger partial charge in [0.05, 0.1) is 26.4 Å². The van der Waals surface area contributed by atoms with Crippen LogP contribution in [0.1, 0.15) is 77.2 Å². The summed E-state index contributed by atoms with van der Waals surface area (Å²) >= 11 is 0. The Labute approximate surface area is 215 Å². The van der Waals surface area contributed by atoms with Gasteiger partial charge in [0.15, 0.2) is 5.79 Å². The normalized spacial score (nSPS) is 28.1. The van der Waals surface area contributed by atoms with Gasteiger partial charge < -0.3 is 29.0 Å². The first-order valence-electron chi connectivity index (χ1n) is 12.7. The van der Waals surface area contributed by atoms with E-state index in [9.17, 15) is 14.7 Å². The number of carbonyl (C=O) groups excluding carboxylic acids is 1. The number of carboxylic acid groups (broad SMARTS) is 1. The van der Waals surface area contributed by atoms with Crippen LogP contribution in [0, 0.1) is 11.8 Å². The van der Waals surface area contributed by atoms with Crippen molar-refractivity contribution in [3.05, 3.63) is 29.3 Å². The van der Waals surface area contributed by atoms with Crippen molar-refractivity contribution >= 4 is 11.9 Å². The summed E-state index contributed by atoms with van der Waals surface area (Å²) in [4.78, 5) is 28.9. The average Bonchev–Trinajstić information content (AvgIpc) is 3.29. The molecule has 3 rings (SSSR count). The number of hydrogen-bond acceptors (Lipinski definition) is 6. The number of amides is 1. The molecule has 0 radical (unpaired) electrons. The van der Waals surface area contributed by atoms with E-state index in [2.05, 4.69) is 20.8 Å². The molecule has 1 amide bonds. The molecule has 202 valence electrons. The highest BCUT2D eigenvalue weighted by atomic mass is 16.7. The van der Waals surface area contributed by atoms with E-state index in [-0.39, 0.29) is 36.2 Å². The maximum absolute atomic E-state index is 14.3. The van der Waals surface area contributed by atoms with Gasteiger partial charge in [-0.05, 0) is 55.7 Å². The fourth-order valence-corrected chi connectivity index (χ4v) is 5.92. The fourth-order valence-electron chi connectivity index (χ4n) is 5.92. The van der Waals surface area contributed by atoms with Gasteiger partial charge in [-0.2, -0.15) is 0 Å². The molecule has 2 heterocycles. The highest BCUT2D eigenvalue weighted by Gasteiger charge is 2.61. The number of ether oxygens (including phenoxy) is 4. The Kier molecular flexibility index (Phi) is 8.13. The van der Waals surface area contributed by atoms with Gasteiger partial charge in [0.1, 0.15) is 17.4 Å². The first kappa shape index (κ1) is 28.4. The first-order valence-corrected chi connectivity index (χ1v) is 12.7. The lowest BCUT2D eigenvalue weighted by Crippen LogP contribution is -2.59. The molecule has 8 heteroatoms. The number of rotatable bonds is 8. The van der Waals surface area contributed by atoms with Crippen molar-refractivity contribution in [3.8, 4) is 5.75 Å². The van der Waals surface area contributed by atoms with Crippen LogP contribution in [0.5, 0.6) is 5.75 Å². The zero-order valence-corrected chi connectivity index (χ0v) is 23.2. The van der Waals surface area contributed by atoms with Crippen molar-refractivity contribution in [3.63, 3.8) is 0 Å². The molecule has 0 aliphatic carbocycles. The first-order chi connectivity index (χ1) is 16.7. The minimum absolute atomic E-state index is 0.0494. The predicted molar refractivity (Wildman–Crippen MR) is 136 cm³/mol. The molecule has 2 aliphatic rings. The average molecular weight is 506 g/mol. The van der Waals surface area contributed by atoms with Crippen molar-refractivity contribution < 1.29 is 33.6 Å². The van der Waals surface area contributed by atoms with Crippen molar-refractivity contribution in [2.45, 2.75) is 90.2 Å². The van der Waals surface area contributed by atoms with E-state index in [1.807, 2.05) is 33.8 Å². The number of carboxylic acids is 1. The van der Waals surface area contributed by atoms with Crippen LogP contribution in [0.15, 0.2) is 18.2 Å². The molecule has 1 aromatic carbocycles. The van der Waals surface area contributed by atoms with Crippen LogP contribution in [0.2, 0.25) is 0 Å². The van der Waals surface area contributed by atoms with Crippen molar-refractivity contribution in [2.24, 2.45) is 11.8 Å². The summed E-state index contributed by atoms with van der Waals surface area (Å²) in [5.74, 6) is -1.76. The molecule has 4 atom stereocenters. The number of methoxy groups -OCH3 is 2. The smallest absolute Gasteiger partial charge is 0.329 e. The van der Waals surface area contributed by atoms with E-state index in [4.69, 9.17) is 18.9 Å². The molecule has 0 unspecified atom stereocenters. The highest BCUT2D eigenvalue weighted by Crippen LogP contribution is 2.47. The summed E-state index contributed by atoms with van der Waals surface area (Å²) in [6.07, 6.45) is 0.120. The molecule has 1 N–H and O–H groups in total. The van der Waals surface area contributed by atoms with Gasteiger partial charge in [0, 0.05) is 18.6 Å². The molecule has 0 saturated carbocycles. The molecular formula is C28H43NO7. The van der Waals surface area contributed by atoms with Gasteiger partial charge in [-0.15, -0.1) is 0 Å². The van der Waals surface area contributed by atoms with E-state index in [0.29, 0.717) is 24.3 Å². The second kappa shape index (κ2) is 10.3. The van der Waals surface area contributed by atoms with Gasteiger partial charge in [0.2, 0.25) is 0 Å². The zero-order chi connectivity index (χ0) is 27.1. The van der Waals surface area contributed by atoms with Gasteiger partial charge in [-0.3, -0.25) is 4.79 Å². The van der Waals surface area contributed by atoms with Crippen molar-refractivity contribution in [2.75, 3.05) is 27.4 Å². The third-order valence-corrected chi connectivity index (χ3v) is 7.25. The van der Waals surface area contributed by atoms with Gasteiger partial charge in [-0.25, -0.2) is 4.79 Å². The van der Waals surface area contributed by atoms with E-state index in [1.54, 1.807) is 31.3 Å². The Balaban J connectivity index is 2.17. The van der Waals surface area contributed by atoms with Crippen LogP contribution in [0.4, 0.5) is 0 Å². The largest absolute Gasteiger partial charge is 0.496 e. The maximum atomic E-state index is 14.3. The van der Waals surface area contributed by atoms with Crippen LogP contribution in [-0.4, -0.2) is 72.8 Å². The van der Waals surface area contributed by atoms with Crippen molar-refractivity contribution in [1.29, 1.82) is 0 Å². The number of likely N-dealkylation sites (tertiary alicyclic amines) is 1. The van der Waals surface area contributed by atoms with Crippen LogP contribution in [-0.2, 0) is 24.4 Å². The van der Waals surface area contributed by atoms with E-state index < -0.39 is 29.4 Å². The fraction of sp³-hybridized carbons (Fsp3) is 0.714. The Hall–Kier alpha value is -2.16. The quantitative estimate of drug-likeness (QED) is 0.556. The molecule has 1 aromatic rings. The van der Waals surface area contributed by atoms with E-state index in [0.717, 1.165) is 5.56 Å². The molecule has 2 aliphatic heterocycles. The lowest BCUT2D eigenvalue weighted by molar-refractivity contribution is -0.155. The topological polar surface area (TPSA) is 94.5 Å². The number of benzene rings is 1. The zero-order valence-electron chi connectivity index (χ0n) is 23.2. The van der Waals surface area contributed by atoms with Crippen LogP contribution < -0.4 is 4.74 Å². The summed E-state index contributed by atoms with van der Waals surface area (Å²) < 4.78 is 23.3. The van der Waals surface area contributed by atoms with E-state index in [1.165, 1.54) is 0 Å². The summed E-state index contributed by atoms with van der Waals surface area (Å²) in [6, 6.07) is 4.86. The molecule has 8 nitrogen and oxygen atoms in total. The molecule has 0 aromatic heterocycles.